The van der Waals surface area contributed by atoms with E-state index >= 15 is 0 Å². The summed E-state index contributed by atoms with van der Waals surface area (Å²) in [4.78, 5) is 8.24. The van der Waals surface area contributed by atoms with E-state index in [1.807, 2.05) is 13.8 Å². The number of aliphatic hydroxyl groups excluding tert-OH is 1. The summed E-state index contributed by atoms with van der Waals surface area (Å²) < 4.78 is 0. The molecule has 0 amide bonds. The Morgan fingerprint density at radius 3 is 2.72 bits per heavy atom. The van der Waals surface area contributed by atoms with Crippen molar-refractivity contribution in [1.82, 2.24) is 20.2 Å². The minimum atomic E-state index is -0.398. The minimum Gasteiger partial charge on any atom is -0.394 e. The first-order chi connectivity index (χ1) is 8.64. The van der Waals surface area contributed by atoms with Crippen molar-refractivity contribution >= 4 is 22.8 Å². The van der Waals surface area contributed by atoms with Gasteiger partial charge in [-0.25, -0.2) is 0 Å². The third-order valence-electron chi connectivity index (χ3n) is 3.37. The van der Waals surface area contributed by atoms with Crippen molar-refractivity contribution in [2.45, 2.75) is 32.2 Å². The highest BCUT2D eigenvalue weighted by molar-refractivity contribution is 5.87. The van der Waals surface area contributed by atoms with Gasteiger partial charge in [0.2, 0.25) is 5.95 Å². The first kappa shape index (κ1) is 12.6. The molecule has 0 spiro atoms. The SMILES string of the molecule is CCC(CC)(CO)Nc1nc(N)nc2[nH]ncc12. The van der Waals surface area contributed by atoms with Crippen LogP contribution in [0.25, 0.3) is 11.0 Å². The summed E-state index contributed by atoms with van der Waals surface area (Å²) in [5, 5.41) is 20.3. The summed E-state index contributed by atoms with van der Waals surface area (Å²) >= 11 is 0. The quantitative estimate of drug-likeness (QED) is 0.627. The van der Waals surface area contributed by atoms with Crippen LogP contribution in [-0.4, -0.2) is 37.4 Å². The first-order valence-electron chi connectivity index (χ1n) is 5.99. The fraction of sp³-hybridized carbons (Fsp3) is 0.545. The predicted octanol–water partition coefficient (Wildman–Crippen LogP) is 0.898. The second-order valence-electron chi connectivity index (χ2n) is 4.33. The van der Waals surface area contributed by atoms with Crippen LogP contribution in [0.4, 0.5) is 11.8 Å². The van der Waals surface area contributed by atoms with Crippen LogP contribution in [0.1, 0.15) is 26.7 Å². The maximum Gasteiger partial charge on any atom is 0.224 e. The zero-order valence-corrected chi connectivity index (χ0v) is 10.6. The smallest absolute Gasteiger partial charge is 0.224 e. The van der Waals surface area contributed by atoms with E-state index < -0.39 is 5.54 Å². The molecule has 2 aromatic rings. The molecule has 0 aliphatic carbocycles. The van der Waals surface area contributed by atoms with Gasteiger partial charge in [0.1, 0.15) is 5.82 Å². The van der Waals surface area contributed by atoms with Crippen LogP contribution in [-0.2, 0) is 0 Å². The standard InChI is InChI=1S/C11H18N6O/c1-3-11(4-2,6-18)16-8-7-5-13-17-9(7)15-10(12)14-8/h5,18H,3-4,6H2,1-2H3,(H4,12,13,14,15,16,17). The number of nitrogens with one attached hydrogen (secondary N) is 2. The normalized spacial score (nSPS) is 11.9. The van der Waals surface area contributed by atoms with E-state index in [0.717, 1.165) is 18.2 Å². The molecule has 98 valence electrons. The Morgan fingerprint density at radius 2 is 2.11 bits per heavy atom. The molecular formula is C11H18N6O. The highest BCUT2D eigenvalue weighted by Gasteiger charge is 2.26. The molecule has 0 bridgehead atoms. The van der Waals surface area contributed by atoms with Crippen LogP contribution in [0, 0.1) is 0 Å². The maximum absolute atomic E-state index is 9.57. The predicted molar refractivity (Wildman–Crippen MR) is 70.1 cm³/mol. The number of H-pyrrole nitrogens is 1. The Morgan fingerprint density at radius 1 is 1.39 bits per heavy atom. The van der Waals surface area contributed by atoms with Crippen LogP contribution in [0.3, 0.4) is 0 Å². The van der Waals surface area contributed by atoms with E-state index in [1.165, 1.54) is 0 Å². The lowest BCUT2D eigenvalue weighted by Gasteiger charge is -2.31. The number of hydrogen-bond acceptors (Lipinski definition) is 6. The average molecular weight is 250 g/mol. The molecule has 0 aromatic carbocycles. The Bertz CT molecular complexity index is 525. The average Bonchev–Trinajstić information content (AvgIpc) is 2.84. The number of nitrogens with zero attached hydrogens (tertiary/aromatic N) is 3. The number of anilines is 2. The molecular weight excluding hydrogens is 232 g/mol. The zero-order chi connectivity index (χ0) is 13.2. The fourth-order valence-corrected chi connectivity index (χ4v) is 1.89. The van der Waals surface area contributed by atoms with Gasteiger partial charge in [0.15, 0.2) is 5.65 Å². The molecule has 0 aliphatic heterocycles. The largest absolute Gasteiger partial charge is 0.394 e. The van der Waals surface area contributed by atoms with Gasteiger partial charge in [-0.05, 0) is 12.8 Å². The number of nitrogens with two attached hydrogens (primary N) is 1. The lowest BCUT2D eigenvalue weighted by molar-refractivity contribution is 0.202. The number of aliphatic hydroxyl groups is 1. The van der Waals surface area contributed by atoms with Gasteiger partial charge in [-0.3, -0.25) is 5.10 Å². The monoisotopic (exact) mass is 250 g/mol. The Labute approximate surface area is 105 Å². The molecule has 0 aliphatic rings. The van der Waals surface area contributed by atoms with Crippen LogP contribution in [0.2, 0.25) is 0 Å². The first-order valence-corrected chi connectivity index (χ1v) is 5.99. The molecule has 7 heteroatoms. The van der Waals surface area contributed by atoms with E-state index in [1.54, 1.807) is 6.20 Å². The molecule has 0 saturated heterocycles. The van der Waals surface area contributed by atoms with Crippen molar-refractivity contribution in [2.75, 3.05) is 17.7 Å². The van der Waals surface area contributed by atoms with E-state index in [4.69, 9.17) is 5.73 Å². The lowest BCUT2D eigenvalue weighted by atomic mass is 9.94. The van der Waals surface area contributed by atoms with Gasteiger partial charge in [-0.15, -0.1) is 0 Å². The maximum atomic E-state index is 9.57. The van der Waals surface area contributed by atoms with Gasteiger partial charge >= 0.3 is 0 Å². The molecule has 2 rings (SSSR count). The summed E-state index contributed by atoms with van der Waals surface area (Å²) in [7, 11) is 0. The number of fused-ring (bicyclic) bond motifs is 1. The van der Waals surface area contributed by atoms with Crippen LogP contribution < -0.4 is 11.1 Å². The van der Waals surface area contributed by atoms with Gasteiger partial charge in [0, 0.05) is 0 Å². The van der Waals surface area contributed by atoms with Crippen molar-refractivity contribution < 1.29 is 5.11 Å². The number of rotatable bonds is 5. The Hall–Kier alpha value is -1.89. The van der Waals surface area contributed by atoms with Gasteiger partial charge in [0.05, 0.1) is 23.7 Å². The van der Waals surface area contributed by atoms with Crippen molar-refractivity contribution in [2.24, 2.45) is 0 Å². The highest BCUT2D eigenvalue weighted by atomic mass is 16.3. The number of hydrogen-bond donors (Lipinski definition) is 4. The van der Waals surface area contributed by atoms with Gasteiger partial charge in [-0.1, -0.05) is 13.8 Å². The number of aromatic amines is 1. The Kier molecular flexibility index (Phi) is 3.33. The number of aromatic nitrogens is 4. The van der Waals surface area contributed by atoms with E-state index in [2.05, 4.69) is 25.5 Å². The molecule has 0 saturated carbocycles. The van der Waals surface area contributed by atoms with Crippen molar-refractivity contribution in [3.05, 3.63) is 6.20 Å². The van der Waals surface area contributed by atoms with Crippen LogP contribution in [0.15, 0.2) is 6.20 Å². The third kappa shape index (κ3) is 2.08. The molecule has 18 heavy (non-hydrogen) atoms. The summed E-state index contributed by atoms with van der Waals surface area (Å²) in [5.74, 6) is 0.775. The third-order valence-corrected chi connectivity index (χ3v) is 3.37. The molecule has 2 heterocycles. The second kappa shape index (κ2) is 4.77. The van der Waals surface area contributed by atoms with Gasteiger partial charge < -0.3 is 16.2 Å². The lowest BCUT2D eigenvalue weighted by Crippen LogP contribution is -2.41. The zero-order valence-electron chi connectivity index (χ0n) is 10.6. The molecule has 7 nitrogen and oxygen atoms in total. The van der Waals surface area contributed by atoms with Crippen LogP contribution >= 0.6 is 0 Å². The fourth-order valence-electron chi connectivity index (χ4n) is 1.89. The molecule has 0 unspecified atom stereocenters. The molecule has 0 fully saturated rings. The van der Waals surface area contributed by atoms with Gasteiger partial charge in [0.25, 0.3) is 0 Å². The molecule has 2 aromatic heterocycles. The van der Waals surface area contributed by atoms with Crippen molar-refractivity contribution in [1.29, 1.82) is 0 Å². The van der Waals surface area contributed by atoms with E-state index in [9.17, 15) is 5.11 Å². The second-order valence-corrected chi connectivity index (χ2v) is 4.33. The highest BCUT2D eigenvalue weighted by Crippen LogP contribution is 2.25. The Balaban J connectivity index is 2.44. The van der Waals surface area contributed by atoms with Crippen molar-refractivity contribution in [3.63, 3.8) is 0 Å². The summed E-state index contributed by atoms with van der Waals surface area (Å²) in [6, 6.07) is 0. The van der Waals surface area contributed by atoms with E-state index in [-0.39, 0.29) is 12.6 Å². The summed E-state index contributed by atoms with van der Waals surface area (Å²) in [5.41, 5.74) is 5.84. The molecule has 0 atom stereocenters. The molecule has 5 N–H and O–H groups in total. The number of nitrogen functional groups attached to an aromatic ring is 1. The minimum absolute atomic E-state index is 0.0310. The van der Waals surface area contributed by atoms with Crippen LogP contribution in [0.5, 0.6) is 0 Å². The summed E-state index contributed by atoms with van der Waals surface area (Å²) in [6.07, 6.45) is 3.21. The van der Waals surface area contributed by atoms with E-state index in [0.29, 0.717) is 11.5 Å². The summed E-state index contributed by atoms with van der Waals surface area (Å²) in [6.45, 7) is 4.07. The molecule has 0 radical (unpaired) electrons. The van der Waals surface area contributed by atoms with Crippen molar-refractivity contribution in [3.8, 4) is 0 Å². The topological polar surface area (TPSA) is 113 Å². The van der Waals surface area contributed by atoms with Gasteiger partial charge in [-0.2, -0.15) is 15.1 Å².